The number of benzene rings is 1. The van der Waals surface area contributed by atoms with E-state index in [2.05, 4.69) is 12.2 Å². The Morgan fingerprint density at radius 1 is 1.21 bits per heavy atom. The largest absolute Gasteiger partial charge is 0.450 e. The van der Waals surface area contributed by atoms with E-state index in [1.54, 1.807) is 0 Å². The van der Waals surface area contributed by atoms with Crippen molar-refractivity contribution in [1.82, 2.24) is 5.32 Å². The number of nitrogens with one attached hydrogen (secondary N) is 1. The van der Waals surface area contributed by atoms with Gasteiger partial charge in [-0.2, -0.15) is 0 Å². The molecule has 0 aliphatic heterocycles. The number of ether oxygens (including phenoxy) is 1. The predicted octanol–water partition coefficient (Wildman–Crippen LogP) is 4.36. The molecule has 1 aromatic heterocycles. The minimum Gasteiger partial charge on any atom is -0.450 e. The van der Waals surface area contributed by atoms with Crippen LogP contribution in [0.1, 0.15) is 43.2 Å². The Hall–Kier alpha value is -2.87. The van der Waals surface area contributed by atoms with Crippen LogP contribution in [0.25, 0.3) is 11.3 Å². The van der Waals surface area contributed by atoms with Gasteiger partial charge in [0.25, 0.3) is 11.6 Å². The van der Waals surface area contributed by atoms with Gasteiger partial charge < -0.3 is 14.5 Å². The Morgan fingerprint density at radius 2 is 2.00 bits per heavy atom. The first-order chi connectivity index (χ1) is 13.4. The number of carbonyl (C=O) groups is 2. The third-order valence-corrected chi connectivity index (χ3v) is 4.24. The van der Waals surface area contributed by atoms with E-state index in [0.717, 1.165) is 25.7 Å². The van der Waals surface area contributed by atoms with Gasteiger partial charge in [0.15, 0.2) is 6.61 Å². The van der Waals surface area contributed by atoms with E-state index in [-0.39, 0.29) is 28.1 Å². The summed E-state index contributed by atoms with van der Waals surface area (Å²) in [5.74, 6) is -1.01. The lowest BCUT2D eigenvalue weighted by atomic mass is 10.1. The first-order valence-corrected chi connectivity index (χ1v) is 9.28. The lowest BCUT2D eigenvalue weighted by molar-refractivity contribution is -0.384. The summed E-state index contributed by atoms with van der Waals surface area (Å²) in [4.78, 5) is 33.9. The first kappa shape index (κ1) is 21.4. The monoisotopic (exact) mass is 408 g/mol. The number of hydrogen-bond acceptors (Lipinski definition) is 6. The lowest BCUT2D eigenvalue weighted by Gasteiger charge is -2.05. The van der Waals surface area contributed by atoms with Crippen molar-refractivity contribution < 1.29 is 23.7 Å². The fourth-order valence-corrected chi connectivity index (χ4v) is 2.71. The molecule has 9 heteroatoms. The second-order valence-electron chi connectivity index (χ2n) is 6.07. The fourth-order valence-electron chi connectivity index (χ4n) is 2.44. The normalized spacial score (nSPS) is 10.5. The summed E-state index contributed by atoms with van der Waals surface area (Å²) in [6, 6.07) is 6.80. The Morgan fingerprint density at radius 3 is 2.68 bits per heavy atom. The van der Waals surface area contributed by atoms with E-state index >= 15 is 0 Å². The minimum absolute atomic E-state index is 0.0971. The van der Waals surface area contributed by atoms with Crippen LogP contribution in [0.15, 0.2) is 34.7 Å². The van der Waals surface area contributed by atoms with E-state index in [1.807, 2.05) is 0 Å². The molecule has 0 unspecified atom stereocenters. The number of rotatable bonds is 10. The van der Waals surface area contributed by atoms with Crippen molar-refractivity contribution in [1.29, 1.82) is 0 Å². The van der Waals surface area contributed by atoms with Gasteiger partial charge in [-0.05, 0) is 24.6 Å². The van der Waals surface area contributed by atoms with E-state index in [1.165, 1.54) is 30.3 Å². The fraction of sp³-hybridized carbons (Fsp3) is 0.368. The summed E-state index contributed by atoms with van der Waals surface area (Å²) < 4.78 is 10.3. The molecule has 0 saturated carbocycles. The third-order valence-electron chi connectivity index (χ3n) is 3.92. The number of non-ortho nitro benzene ring substituents is 1. The molecule has 1 amide bonds. The van der Waals surface area contributed by atoms with Crippen molar-refractivity contribution in [2.75, 3.05) is 13.2 Å². The molecule has 28 heavy (non-hydrogen) atoms. The summed E-state index contributed by atoms with van der Waals surface area (Å²) >= 11 is 6.05. The van der Waals surface area contributed by atoms with Gasteiger partial charge in [0, 0.05) is 24.2 Å². The Kier molecular flexibility index (Phi) is 8.01. The van der Waals surface area contributed by atoms with E-state index in [0.29, 0.717) is 12.1 Å². The quantitative estimate of drug-likeness (QED) is 0.270. The number of carbonyl (C=O) groups excluding carboxylic acids is 2. The molecule has 0 fully saturated rings. The van der Waals surface area contributed by atoms with Crippen molar-refractivity contribution in [3.8, 4) is 11.3 Å². The first-order valence-electron chi connectivity index (χ1n) is 8.90. The maximum Gasteiger partial charge on any atom is 0.374 e. The summed E-state index contributed by atoms with van der Waals surface area (Å²) in [5.41, 5.74) is 0.247. The van der Waals surface area contributed by atoms with Crippen LogP contribution in [0.3, 0.4) is 0 Å². The molecule has 0 radical (unpaired) electrons. The van der Waals surface area contributed by atoms with Crippen LogP contribution >= 0.6 is 11.6 Å². The highest BCUT2D eigenvalue weighted by molar-refractivity contribution is 6.33. The molecule has 0 saturated heterocycles. The topological polar surface area (TPSA) is 112 Å². The SMILES string of the molecule is CCCCCCNC(=O)COC(=O)c1ccc(-c2ccc([N+](=O)[O-])cc2Cl)o1. The number of unbranched alkanes of at least 4 members (excludes halogenated alkanes) is 3. The number of nitro groups is 1. The molecule has 1 heterocycles. The molecule has 0 aliphatic rings. The Labute approximate surface area is 167 Å². The van der Waals surface area contributed by atoms with Gasteiger partial charge in [-0.25, -0.2) is 4.79 Å². The van der Waals surface area contributed by atoms with Crippen molar-refractivity contribution in [2.24, 2.45) is 0 Å². The summed E-state index contributed by atoms with van der Waals surface area (Å²) in [5, 5.41) is 13.6. The number of esters is 1. The molecule has 1 N–H and O–H groups in total. The van der Waals surface area contributed by atoms with Crippen LogP contribution in [-0.2, 0) is 9.53 Å². The number of hydrogen-bond donors (Lipinski definition) is 1. The van der Waals surface area contributed by atoms with Crippen LogP contribution < -0.4 is 5.32 Å². The maximum atomic E-state index is 12.0. The number of halogens is 1. The summed E-state index contributed by atoms with van der Waals surface area (Å²) in [6.07, 6.45) is 4.15. The molecule has 0 bridgehead atoms. The van der Waals surface area contributed by atoms with Crippen LogP contribution in [0, 0.1) is 10.1 Å². The van der Waals surface area contributed by atoms with Gasteiger partial charge >= 0.3 is 5.97 Å². The maximum absolute atomic E-state index is 12.0. The number of amides is 1. The number of nitrogens with zero attached hydrogens (tertiary/aromatic N) is 1. The van der Waals surface area contributed by atoms with E-state index < -0.39 is 17.5 Å². The average Bonchev–Trinajstić information content (AvgIpc) is 3.15. The molecular weight excluding hydrogens is 388 g/mol. The Bertz CT molecular complexity index is 849. The zero-order chi connectivity index (χ0) is 20.5. The molecule has 0 atom stereocenters. The van der Waals surface area contributed by atoms with E-state index in [4.69, 9.17) is 20.8 Å². The smallest absolute Gasteiger partial charge is 0.374 e. The van der Waals surface area contributed by atoms with Crippen molar-refractivity contribution in [3.05, 3.63) is 51.2 Å². The summed E-state index contributed by atoms with van der Waals surface area (Å²) in [7, 11) is 0. The van der Waals surface area contributed by atoms with Gasteiger partial charge in [0.2, 0.25) is 5.76 Å². The molecule has 0 aliphatic carbocycles. The standard InChI is InChI=1S/C19H21ClN2O6/c1-2-3-4-5-10-21-18(23)12-27-19(24)17-9-8-16(28-17)14-7-6-13(22(25)26)11-15(14)20/h6-9,11H,2-5,10,12H2,1H3,(H,21,23). The molecule has 2 rings (SSSR count). The van der Waals surface area contributed by atoms with Crippen LogP contribution in [0.4, 0.5) is 5.69 Å². The van der Waals surface area contributed by atoms with Crippen LogP contribution in [0.2, 0.25) is 5.02 Å². The molecule has 0 spiro atoms. The van der Waals surface area contributed by atoms with Gasteiger partial charge in [0.05, 0.1) is 9.95 Å². The van der Waals surface area contributed by atoms with Crippen molar-refractivity contribution in [2.45, 2.75) is 32.6 Å². The highest BCUT2D eigenvalue weighted by Crippen LogP contribution is 2.32. The Balaban J connectivity index is 1.88. The average molecular weight is 409 g/mol. The number of nitro benzene ring substituents is 1. The highest BCUT2D eigenvalue weighted by Gasteiger charge is 2.18. The highest BCUT2D eigenvalue weighted by atomic mass is 35.5. The second-order valence-corrected chi connectivity index (χ2v) is 6.48. The van der Waals surface area contributed by atoms with E-state index in [9.17, 15) is 19.7 Å². The molecule has 150 valence electrons. The molecule has 2 aromatic rings. The van der Waals surface area contributed by atoms with Crippen LogP contribution in [-0.4, -0.2) is 30.0 Å². The van der Waals surface area contributed by atoms with Crippen LogP contribution in [0.5, 0.6) is 0 Å². The van der Waals surface area contributed by atoms with Gasteiger partial charge in [-0.15, -0.1) is 0 Å². The number of furan rings is 1. The lowest BCUT2D eigenvalue weighted by Crippen LogP contribution is -2.29. The molecule has 1 aromatic carbocycles. The van der Waals surface area contributed by atoms with Gasteiger partial charge in [0.1, 0.15) is 5.76 Å². The predicted molar refractivity (Wildman–Crippen MR) is 103 cm³/mol. The second kappa shape index (κ2) is 10.5. The van der Waals surface area contributed by atoms with Gasteiger partial charge in [-0.3, -0.25) is 14.9 Å². The van der Waals surface area contributed by atoms with Crippen molar-refractivity contribution in [3.63, 3.8) is 0 Å². The zero-order valence-electron chi connectivity index (χ0n) is 15.4. The zero-order valence-corrected chi connectivity index (χ0v) is 16.2. The molecule has 8 nitrogen and oxygen atoms in total. The van der Waals surface area contributed by atoms with Crippen molar-refractivity contribution >= 4 is 29.2 Å². The molecular formula is C19H21ClN2O6. The summed E-state index contributed by atoms with van der Waals surface area (Å²) in [6.45, 7) is 2.24. The third kappa shape index (κ3) is 6.09. The minimum atomic E-state index is -0.787. The van der Waals surface area contributed by atoms with Gasteiger partial charge in [-0.1, -0.05) is 37.8 Å².